The van der Waals surface area contributed by atoms with Crippen LogP contribution < -0.4 is 11.3 Å². The summed E-state index contributed by atoms with van der Waals surface area (Å²) in [4.78, 5) is 14.7. The fourth-order valence-corrected chi connectivity index (χ4v) is 2.06. The molecule has 3 heteroatoms. The summed E-state index contributed by atoms with van der Waals surface area (Å²) in [5, 5.41) is 0.957. The molecule has 2 aromatic rings. The molecule has 15 heavy (non-hydrogen) atoms. The van der Waals surface area contributed by atoms with Crippen molar-refractivity contribution in [3.63, 3.8) is 0 Å². The van der Waals surface area contributed by atoms with Crippen LogP contribution in [0.1, 0.15) is 24.3 Å². The number of rotatable bonds is 1. The van der Waals surface area contributed by atoms with Gasteiger partial charge in [-0.05, 0) is 24.8 Å². The minimum atomic E-state index is -0.0197. The van der Waals surface area contributed by atoms with Crippen molar-refractivity contribution in [1.82, 2.24) is 4.98 Å². The van der Waals surface area contributed by atoms with Crippen molar-refractivity contribution >= 4 is 16.6 Å². The number of aromatic amines is 1. The normalized spacial score (nSPS) is 15.7. The van der Waals surface area contributed by atoms with Crippen molar-refractivity contribution in [2.75, 3.05) is 5.73 Å². The first kappa shape index (κ1) is 8.53. The van der Waals surface area contributed by atoms with Gasteiger partial charge < -0.3 is 10.7 Å². The number of pyridine rings is 1. The molecule has 0 unspecified atom stereocenters. The molecule has 0 saturated heterocycles. The van der Waals surface area contributed by atoms with E-state index in [2.05, 4.69) is 4.98 Å². The van der Waals surface area contributed by atoms with Crippen LogP contribution in [0.25, 0.3) is 10.9 Å². The van der Waals surface area contributed by atoms with Gasteiger partial charge in [-0.1, -0.05) is 18.2 Å². The molecule has 0 atom stereocenters. The van der Waals surface area contributed by atoms with Gasteiger partial charge in [-0.3, -0.25) is 4.79 Å². The van der Waals surface area contributed by atoms with Gasteiger partial charge in [0.05, 0.1) is 5.52 Å². The SMILES string of the molecule is Nc1c(C2CC2)c(=O)[nH]c2ccccc12. The van der Waals surface area contributed by atoms with Crippen LogP contribution in [0.3, 0.4) is 0 Å². The van der Waals surface area contributed by atoms with Crippen LogP contribution in [0.15, 0.2) is 29.1 Å². The molecule has 1 aliphatic rings. The predicted molar refractivity (Wildman–Crippen MR) is 61.0 cm³/mol. The Morgan fingerprint density at radius 3 is 2.73 bits per heavy atom. The Morgan fingerprint density at radius 2 is 2.00 bits per heavy atom. The van der Waals surface area contributed by atoms with Gasteiger partial charge in [0.25, 0.3) is 5.56 Å². The van der Waals surface area contributed by atoms with Crippen molar-refractivity contribution in [1.29, 1.82) is 0 Å². The lowest BCUT2D eigenvalue weighted by Gasteiger charge is -2.06. The van der Waals surface area contributed by atoms with E-state index < -0.39 is 0 Å². The Balaban J connectivity index is 2.41. The number of nitrogens with two attached hydrogens (primary N) is 1. The second kappa shape index (κ2) is 2.86. The van der Waals surface area contributed by atoms with Crippen LogP contribution in [-0.2, 0) is 0 Å². The molecular formula is C12H12N2O. The Hall–Kier alpha value is -1.77. The summed E-state index contributed by atoms with van der Waals surface area (Å²) in [7, 11) is 0. The molecule has 0 radical (unpaired) electrons. The Bertz CT molecular complexity index is 582. The van der Waals surface area contributed by atoms with E-state index in [-0.39, 0.29) is 5.56 Å². The first-order valence-electron chi connectivity index (χ1n) is 5.18. The van der Waals surface area contributed by atoms with Crippen LogP contribution in [0, 0.1) is 0 Å². The largest absolute Gasteiger partial charge is 0.398 e. The van der Waals surface area contributed by atoms with E-state index >= 15 is 0 Å². The molecule has 0 bridgehead atoms. The lowest BCUT2D eigenvalue weighted by molar-refractivity contribution is 1.07. The van der Waals surface area contributed by atoms with Gasteiger partial charge in [0.2, 0.25) is 0 Å². The topological polar surface area (TPSA) is 58.9 Å². The highest BCUT2D eigenvalue weighted by Gasteiger charge is 2.29. The Morgan fingerprint density at radius 1 is 1.27 bits per heavy atom. The Kier molecular flexibility index (Phi) is 1.63. The summed E-state index contributed by atoms with van der Waals surface area (Å²) in [6.07, 6.45) is 2.18. The van der Waals surface area contributed by atoms with Gasteiger partial charge in [-0.15, -0.1) is 0 Å². The highest BCUT2D eigenvalue weighted by atomic mass is 16.1. The first-order valence-corrected chi connectivity index (χ1v) is 5.18. The average molecular weight is 200 g/mol. The molecule has 3 N–H and O–H groups in total. The average Bonchev–Trinajstić information content (AvgIpc) is 3.02. The molecule has 1 saturated carbocycles. The minimum absolute atomic E-state index is 0.0197. The maximum atomic E-state index is 11.8. The number of aromatic nitrogens is 1. The van der Waals surface area contributed by atoms with Crippen LogP contribution in [0.4, 0.5) is 5.69 Å². The number of hydrogen-bond acceptors (Lipinski definition) is 2. The molecule has 1 aromatic heterocycles. The summed E-state index contributed by atoms with van der Waals surface area (Å²) in [5.41, 5.74) is 8.29. The van der Waals surface area contributed by atoms with Crippen LogP contribution in [0.2, 0.25) is 0 Å². The number of benzene rings is 1. The quantitative estimate of drug-likeness (QED) is 0.739. The molecule has 1 aromatic carbocycles. The summed E-state index contributed by atoms with van der Waals surface area (Å²) < 4.78 is 0. The van der Waals surface area contributed by atoms with E-state index in [1.165, 1.54) is 0 Å². The van der Waals surface area contributed by atoms with Crippen LogP contribution >= 0.6 is 0 Å². The molecule has 76 valence electrons. The summed E-state index contributed by atoms with van der Waals surface area (Å²) in [5.74, 6) is 0.387. The molecule has 0 spiro atoms. The zero-order chi connectivity index (χ0) is 10.4. The lowest BCUT2D eigenvalue weighted by atomic mass is 10.1. The number of hydrogen-bond donors (Lipinski definition) is 2. The second-order valence-corrected chi connectivity index (χ2v) is 4.10. The summed E-state index contributed by atoms with van der Waals surface area (Å²) in [6.45, 7) is 0. The number of nitrogens with one attached hydrogen (secondary N) is 1. The molecule has 3 rings (SSSR count). The smallest absolute Gasteiger partial charge is 0.253 e. The van der Waals surface area contributed by atoms with E-state index in [0.29, 0.717) is 11.6 Å². The third-order valence-electron chi connectivity index (χ3n) is 2.99. The van der Waals surface area contributed by atoms with Gasteiger partial charge >= 0.3 is 0 Å². The third kappa shape index (κ3) is 1.23. The van der Waals surface area contributed by atoms with Crippen molar-refractivity contribution in [2.45, 2.75) is 18.8 Å². The van der Waals surface area contributed by atoms with Crippen molar-refractivity contribution in [2.24, 2.45) is 0 Å². The number of fused-ring (bicyclic) bond motifs is 1. The minimum Gasteiger partial charge on any atom is -0.398 e. The van der Waals surface area contributed by atoms with Crippen LogP contribution in [-0.4, -0.2) is 4.98 Å². The van der Waals surface area contributed by atoms with E-state index in [1.807, 2.05) is 24.3 Å². The molecular weight excluding hydrogens is 188 g/mol. The van der Waals surface area contributed by atoms with Crippen LogP contribution in [0.5, 0.6) is 0 Å². The van der Waals surface area contributed by atoms with Crippen molar-refractivity contribution < 1.29 is 0 Å². The lowest BCUT2D eigenvalue weighted by Crippen LogP contribution is -2.14. The molecule has 1 aliphatic carbocycles. The van der Waals surface area contributed by atoms with E-state index in [0.717, 1.165) is 29.3 Å². The molecule has 0 aliphatic heterocycles. The van der Waals surface area contributed by atoms with Crippen molar-refractivity contribution in [3.05, 3.63) is 40.2 Å². The van der Waals surface area contributed by atoms with Gasteiger partial charge in [0, 0.05) is 16.6 Å². The zero-order valence-corrected chi connectivity index (χ0v) is 8.29. The maximum Gasteiger partial charge on any atom is 0.253 e. The molecule has 3 nitrogen and oxygen atoms in total. The first-order chi connectivity index (χ1) is 7.27. The molecule has 1 fully saturated rings. The maximum absolute atomic E-state index is 11.8. The predicted octanol–water partition coefficient (Wildman–Crippen LogP) is 1.99. The van der Waals surface area contributed by atoms with Gasteiger partial charge in [0.1, 0.15) is 0 Å². The number of para-hydroxylation sites is 1. The molecule has 1 heterocycles. The number of anilines is 1. The zero-order valence-electron chi connectivity index (χ0n) is 8.29. The van der Waals surface area contributed by atoms with E-state index in [4.69, 9.17) is 5.73 Å². The van der Waals surface area contributed by atoms with E-state index in [1.54, 1.807) is 0 Å². The van der Waals surface area contributed by atoms with Crippen molar-refractivity contribution in [3.8, 4) is 0 Å². The fraction of sp³-hybridized carbons (Fsp3) is 0.250. The number of nitrogen functional groups attached to an aromatic ring is 1. The van der Waals surface area contributed by atoms with Gasteiger partial charge in [-0.25, -0.2) is 0 Å². The van der Waals surface area contributed by atoms with Gasteiger partial charge in [-0.2, -0.15) is 0 Å². The molecule has 0 amide bonds. The monoisotopic (exact) mass is 200 g/mol. The summed E-state index contributed by atoms with van der Waals surface area (Å²) >= 11 is 0. The van der Waals surface area contributed by atoms with E-state index in [9.17, 15) is 4.79 Å². The Labute approximate surface area is 86.9 Å². The standard InChI is InChI=1S/C12H12N2O/c13-11-8-3-1-2-4-9(8)14-12(15)10(11)7-5-6-7/h1-4,7H,5-6H2,(H3,13,14,15). The third-order valence-corrected chi connectivity index (χ3v) is 2.99. The number of H-pyrrole nitrogens is 1. The highest BCUT2D eigenvalue weighted by Crippen LogP contribution is 2.42. The fourth-order valence-electron chi connectivity index (χ4n) is 2.06. The second-order valence-electron chi connectivity index (χ2n) is 4.10. The summed E-state index contributed by atoms with van der Waals surface area (Å²) in [6, 6.07) is 7.67. The van der Waals surface area contributed by atoms with Gasteiger partial charge in [0.15, 0.2) is 0 Å². The highest BCUT2D eigenvalue weighted by molar-refractivity contribution is 5.91.